The van der Waals surface area contributed by atoms with Crippen LogP contribution in [0.1, 0.15) is 37.4 Å². The number of rotatable bonds is 8. The Labute approximate surface area is 208 Å². The van der Waals surface area contributed by atoms with E-state index in [9.17, 15) is 14.7 Å². The SMILES string of the molecule is CCN(CC)CCCN1C(=O)C(=O)C(=C(O)c2ccc3c(c2)OCCO3)[C@H]1c1ccc(Br)cc1. The predicted molar refractivity (Wildman–Crippen MR) is 133 cm³/mol. The summed E-state index contributed by atoms with van der Waals surface area (Å²) < 4.78 is 12.1. The molecule has 1 fully saturated rings. The fraction of sp³-hybridized carbons (Fsp3) is 0.385. The Morgan fingerprint density at radius 1 is 1.06 bits per heavy atom. The number of carbonyl (C=O) groups is 2. The molecule has 34 heavy (non-hydrogen) atoms. The van der Waals surface area contributed by atoms with E-state index in [0.29, 0.717) is 36.8 Å². The molecule has 180 valence electrons. The van der Waals surface area contributed by atoms with Gasteiger partial charge in [-0.15, -0.1) is 0 Å². The van der Waals surface area contributed by atoms with Crippen molar-refractivity contribution in [1.82, 2.24) is 9.80 Å². The van der Waals surface area contributed by atoms with Gasteiger partial charge in [0.25, 0.3) is 11.7 Å². The van der Waals surface area contributed by atoms with Crippen molar-refractivity contribution in [2.75, 3.05) is 39.4 Å². The van der Waals surface area contributed by atoms with Crippen molar-refractivity contribution in [3.05, 3.63) is 63.6 Å². The van der Waals surface area contributed by atoms with Crippen LogP contribution < -0.4 is 9.47 Å². The van der Waals surface area contributed by atoms with Gasteiger partial charge in [0, 0.05) is 16.6 Å². The average molecular weight is 529 g/mol. The molecule has 8 heteroatoms. The lowest BCUT2D eigenvalue weighted by molar-refractivity contribution is -0.140. The fourth-order valence-electron chi connectivity index (χ4n) is 4.45. The van der Waals surface area contributed by atoms with E-state index in [1.807, 2.05) is 24.3 Å². The molecule has 1 amide bonds. The highest BCUT2D eigenvalue weighted by atomic mass is 79.9. The number of ether oxygens (including phenoxy) is 2. The van der Waals surface area contributed by atoms with Gasteiger partial charge in [-0.2, -0.15) is 0 Å². The molecule has 7 nitrogen and oxygen atoms in total. The van der Waals surface area contributed by atoms with Gasteiger partial charge >= 0.3 is 0 Å². The maximum absolute atomic E-state index is 13.2. The molecule has 1 N–H and O–H groups in total. The maximum Gasteiger partial charge on any atom is 0.295 e. The lowest BCUT2D eigenvalue weighted by Gasteiger charge is -2.27. The highest BCUT2D eigenvalue weighted by Gasteiger charge is 2.45. The highest BCUT2D eigenvalue weighted by molar-refractivity contribution is 9.10. The van der Waals surface area contributed by atoms with Crippen molar-refractivity contribution >= 4 is 33.4 Å². The van der Waals surface area contributed by atoms with Crippen LogP contribution in [0.15, 0.2) is 52.5 Å². The summed E-state index contributed by atoms with van der Waals surface area (Å²) in [6.45, 7) is 8.17. The molecule has 0 aromatic heterocycles. The van der Waals surface area contributed by atoms with Crippen molar-refractivity contribution < 1.29 is 24.2 Å². The van der Waals surface area contributed by atoms with Crippen molar-refractivity contribution in [3.8, 4) is 11.5 Å². The molecule has 0 bridgehead atoms. The Hall–Kier alpha value is -2.84. The number of hydrogen-bond donors (Lipinski definition) is 1. The molecule has 0 aliphatic carbocycles. The number of nitrogens with zero attached hydrogens (tertiary/aromatic N) is 2. The number of amides is 1. The molecule has 0 radical (unpaired) electrons. The Morgan fingerprint density at radius 3 is 2.41 bits per heavy atom. The van der Waals surface area contributed by atoms with Crippen LogP contribution in [0.5, 0.6) is 11.5 Å². The molecule has 2 aromatic carbocycles. The van der Waals surface area contributed by atoms with Crippen LogP contribution >= 0.6 is 15.9 Å². The Morgan fingerprint density at radius 2 is 1.74 bits per heavy atom. The standard InChI is InChI=1S/C26H29BrN2O5/c1-3-28(4-2)12-5-13-29-23(17-6-9-19(27)10-7-17)22(25(31)26(29)32)24(30)18-8-11-20-21(16-18)34-15-14-33-20/h6-11,16,23,30H,3-5,12-15H2,1-2H3/t23-/m1/s1. The monoisotopic (exact) mass is 528 g/mol. The van der Waals surface area contributed by atoms with E-state index in [1.165, 1.54) is 0 Å². The number of benzene rings is 2. The lowest BCUT2D eigenvalue weighted by atomic mass is 9.95. The van der Waals surface area contributed by atoms with Gasteiger partial charge < -0.3 is 24.4 Å². The van der Waals surface area contributed by atoms with Gasteiger partial charge in [-0.05, 0) is 62.0 Å². The second kappa shape index (κ2) is 10.6. The minimum absolute atomic E-state index is 0.0897. The van der Waals surface area contributed by atoms with Crippen LogP contribution in [0.3, 0.4) is 0 Å². The average Bonchev–Trinajstić information content (AvgIpc) is 3.11. The zero-order chi connectivity index (χ0) is 24.2. The van der Waals surface area contributed by atoms with Gasteiger partial charge in [0.05, 0.1) is 11.6 Å². The minimum Gasteiger partial charge on any atom is -0.507 e. The van der Waals surface area contributed by atoms with E-state index in [2.05, 4.69) is 34.7 Å². The zero-order valence-electron chi connectivity index (χ0n) is 19.4. The van der Waals surface area contributed by atoms with Crippen LogP contribution in [-0.2, 0) is 9.59 Å². The highest BCUT2D eigenvalue weighted by Crippen LogP contribution is 2.41. The second-order valence-corrected chi connectivity index (χ2v) is 9.20. The van der Waals surface area contributed by atoms with Crippen molar-refractivity contribution in [2.24, 2.45) is 0 Å². The van der Waals surface area contributed by atoms with Gasteiger partial charge in [0.1, 0.15) is 19.0 Å². The molecule has 4 rings (SSSR count). The summed E-state index contributed by atoms with van der Waals surface area (Å²) in [5.41, 5.74) is 1.27. The zero-order valence-corrected chi connectivity index (χ0v) is 21.0. The minimum atomic E-state index is -0.678. The topological polar surface area (TPSA) is 79.3 Å². The number of likely N-dealkylation sites (tertiary alicyclic amines) is 1. The summed E-state index contributed by atoms with van der Waals surface area (Å²) in [5, 5.41) is 11.3. The molecule has 0 spiro atoms. The maximum atomic E-state index is 13.2. The van der Waals surface area contributed by atoms with Gasteiger partial charge in [-0.25, -0.2) is 0 Å². The number of aliphatic hydroxyl groups is 1. The van der Waals surface area contributed by atoms with Crippen molar-refractivity contribution in [2.45, 2.75) is 26.3 Å². The Balaban J connectivity index is 1.72. The van der Waals surface area contributed by atoms with E-state index >= 15 is 0 Å². The summed E-state index contributed by atoms with van der Waals surface area (Å²) in [4.78, 5) is 30.2. The van der Waals surface area contributed by atoms with Crippen LogP contribution in [-0.4, -0.2) is 66.0 Å². The molecule has 0 unspecified atom stereocenters. The lowest BCUT2D eigenvalue weighted by Crippen LogP contribution is -2.33. The number of fused-ring (bicyclic) bond motifs is 1. The Kier molecular flexibility index (Phi) is 7.58. The van der Waals surface area contributed by atoms with Gasteiger partial charge in [-0.3, -0.25) is 9.59 Å². The van der Waals surface area contributed by atoms with Crippen molar-refractivity contribution in [3.63, 3.8) is 0 Å². The van der Waals surface area contributed by atoms with E-state index in [-0.39, 0.29) is 11.3 Å². The van der Waals surface area contributed by atoms with E-state index < -0.39 is 17.7 Å². The first kappa shape index (κ1) is 24.3. The molecule has 2 aliphatic heterocycles. The third-order valence-corrected chi connectivity index (χ3v) is 6.84. The number of Topliss-reactive ketones (excluding diaryl/α,β-unsaturated/α-hetero) is 1. The first-order valence-electron chi connectivity index (χ1n) is 11.6. The molecule has 0 saturated carbocycles. The molecule has 1 saturated heterocycles. The first-order valence-corrected chi connectivity index (χ1v) is 12.4. The smallest absolute Gasteiger partial charge is 0.295 e. The summed E-state index contributed by atoms with van der Waals surface area (Å²) >= 11 is 3.44. The molecule has 2 aromatic rings. The molecule has 2 aliphatic rings. The first-order chi connectivity index (χ1) is 16.4. The van der Waals surface area contributed by atoms with Gasteiger partial charge in [-0.1, -0.05) is 41.9 Å². The van der Waals surface area contributed by atoms with E-state index in [0.717, 1.165) is 36.1 Å². The second-order valence-electron chi connectivity index (χ2n) is 8.28. The van der Waals surface area contributed by atoms with Crippen LogP contribution in [0.2, 0.25) is 0 Å². The Bertz CT molecular complexity index is 1090. The summed E-state index contributed by atoms with van der Waals surface area (Å²) in [6.07, 6.45) is 0.728. The third kappa shape index (κ3) is 4.83. The number of halogens is 1. The normalized spacial score (nSPS) is 19.2. The predicted octanol–water partition coefficient (Wildman–Crippen LogP) is 4.37. The number of carbonyl (C=O) groups excluding carboxylic acids is 2. The number of aliphatic hydroxyl groups excluding tert-OH is 1. The summed E-state index contributed by atoms with van der Waals surface area (Å²) in [7, 11) is 0. The van der Waals surface area contributed by atoms with E-state index in [4.69, 9.17) is 9.47 Å². The van der Waals surface area contributed by atoms with Gasteiger partial charge in [0.2, 0.25) is 0 Å². The third-order valence-electron chi connectivity index (χ3n) is 6.31. The number of hydrogen-bond acceptors (Lipinski definition) is 6. The van der Waals surface area contributed by atoms with Crippen molar-refractivity contribution in [1.29, 1.82) is 0 Å². The molecular weight excluding hydrogens is 500 g/mol. The molecular formula is C26H29BrN2O5. The summed E-state index contributed by atoms with van der Waals surface area (Å²) in [5.74, 6) is -0.391. The van der Waals surface area contributed by atoms with Crippen LogP contribution in [0.4, 0.5) is 0 Å². The summed E-state index contributed by atoms with van der Waals surface area (Å²) in [6, 6.07) is 11.8. The number of ketones is 1. The fourth-order valence-corrected chi connectivity index (χ4v) is 4.72. The van der Waals surface area contributed by atoms with Crippen LogP contribution in [0.25, 0.3) is 5.76 Å². The quantitative estimate of drug-likeness (QED) is 0.311. The van der Waals surface area contributed by atoms with Crippen LogP contribution in [0, 0.1) is 0 Å². The van der Waals surface area contributed by atoms with E-state index in [1.54, 1.807) is 23.1 Å². The molecule has 2 heterocycles. The van der Waals surface area contributed by atoms with Gasteiger partial charge in [0.15, 0.2) is 11.5 Å². The largest absolute Gasteiger partial charge is 0.507 e. The molecule has 1 atom stereocenters.